The summed E-state index contributed by atoms with van der Waals surface area (Å²) in [7, 11) is 0. The highest BCUT2D eigenvalue weighted by Gasteiger charge is 2.19. The second kappa shape index (κ2) is 7.67. The fraction of sp³-hybridized carbons (Fsp3) is 0.238. The Bertz CT molecular complexity index is 1060. The van der Waals surface area contributed by atoms with Gasteiger partial charge in [0.1, 0.15) is 17.3 Å². The lowest BCUT2D eigenvalue weighted by atomic mass is 10.1. The van der Waals surface area contributed by atoms with Crippen molar-refractivity contribution < 1.29 is 14.2 Å². The zero-order chi connectivity index (χ0) is 19.6. The Morgan fingerprint density at radius 1 is 0.897 bits per heavy atom. The molecule has 0 saturated heterocycles. The number of benzene rings is 2. The van der Waals surface area contributed by atoms with Gasteiger partial charge in [0.2, 0.25) is 5.95 Å². The molecule has 2 N–H and O–H groups in total. The number of rotatable bonds is 4. The Morgan fingerprint density at radius 2 is 1.79 bits per heavy atom. The summed E-state index contributed by atoms with van der Waals surface area (Å²) in [6.45, 7) is 1.95. The number of fused-ring (bicyclic) bond motifs is 2. The molecule has 0 aliphatic carbocycles. The van der Waals surface area contributed by atoms with Crippen molar-refractivity contribution in [3.63, 3.8) is 0 Å². The number of nitrogens with one attached hydrogen (secondary N) is 2. The first-order chi connectivity index (χ1) is 14.3. The van der Waals surface area contributed by atoms with Gasteiger partial charge in [0, 0.05) is 30.8 Å². The molecule has 148 valence electrons. The minimum Gasteiger partial charge on any atom is -0.491 e. The lowest BCUT2D eigenvalue weighted by Crippen LogP contribution is -2.02. The summed E-state index contributed by atoms with van der Waals surface area (Å²) < 4.78 is 17.1. The molecule has 3 aromatic rings. The summed E-state index contributed by atoms with van der Waals surface area (Å²) in [6, 6.07) is 11.3. The molecule has 0 radical (unpaired) electrons. The van der Waals surface area contributed by atoms with Gasteiger partial charge in [0.15, 0.2) is 11.5 Å². The Labute approximate surface area is 173 Å². The van der Waals surface area contributed by atoms with Crippen LogP contribution in [0, 0.1) is 0 Å². The van der Waals surface area contributed by atoms with Crippen LogP contribution >= 0.6 is 11.6 Å². The maximum absolute atomic E-state index is 6.38. The number of anilines is 4. The third kappa shape index (κ3) is 3.73. The van der Waals surface area contributed by atoms with E-state index in [0.717, 1.165) is 41.3 Å². The summed E-state index contributed by atoms with van der Waals surface area (Å²) in [6.07, 6.45) is 3.42. The van der Waals surface area contributed by atoms with Crippen molar-refractivity contribution in [3.05, 3.63) is 53.2 Å². The van der Waals surface area contributed by atoms with E-state index in [0.29, 0.717) is 42.4 Å². The Morgan fingerprint density at radius 3 is 2.72 bits per heavy atom. The Kier molecular flexibility index (Phi) is 4.73. The minimum atomic E-state index is 0.453. The van der Waals surface area contributed by atoms with Gasteiger partial charge >= 0.3 is 0 Å². The predicted octanol–water partition coefficient (Wildman–Crippen LogP) is 4.71. The molecule has 0 spiro atoms. The van der Waals surface area contributed by atoms with E-state index >= 15 is 0 Å². The second-order valence-electron chi connectivity index (χ2n) is 6.74. The van der Waals surface area contributed by atoms with Crippen molar-refractivity contribution in [2.24, 2.45) is 0 Å². The number of halogens is 1. The van der Waals surface area contributed by atoms with E-state index in [1.165, 1.54) is 0 Å². The second-order valence-corrected chi connectivity index (χ2v) is 7.14. The van der Waals surface area contributed by atoms with Gasteiger partial charge in [0.05, 0.1) is 24.8 Å². The molecule has 2 aliphatic rings. The van der Waals surface area contributed by atoms with Gasteiger partial charge in [-0.05, 0) is 29.8 Å². The van der Waals surface area contributed by atoms with E-state index in [1.807, 2.05) is 30.3 Å². The molecule has 0 fully saturated rings. The maximum atomic E-state index is 6.38. The fourth-order valence-corrected chi connectivity index (χ4v) is 3.53. The van der Waals surface area contributed by atoms with Crippen LogP contribution in [0.2, 0.25) is 5.02 Å². The predicted molar refractivity (Wildman–Crippen MR) is 111 cm³/mol. The SMILES string of the molecule is Clc1ccc2c(c1Nc1ccnc(Nc3ccc4c(c3)OCCCO4)n1)OCC2. The highest BCUT2D eigenvalue weighted by molar-refractivity contribution is 6.33. The van der Waals surface area contributed by atoms with Crippen molar-refractivity contribution in [2.45, 2.75) is 12.8 Å². The average molecular weight is 411 g/mol. The molecule has 7 nitrogen and oxygen atoms in total. The van der Waals surface area contributed by atoms with Crippen LogP contribution in [0.4, 0.5) is 23.1 Å². The van der Waals surface area contributed by atoms with Gasteiger partial charge in [-0.1, -0.05) is 17.7 Å². The van der Waals surface area contributed by atoms with Crippen LogP contribution in [0.15, 0.2) is 42.6 Å². The van der Waals surface area contributed by atoms with E-state index in [9.17, 15) is 0 Å². The summed E-state index contributed by atoms with van der Waals surface area (Å²) in [5, 5.41) is 7.05. The van der Waals surface area contributed by atoms with E-state index < -0.39 is 0 Å². The quantitative estimate of drug-likeness (QED) is 0.644. The van der Waals surface area contributed by atoms with Crippen LogP contribution in [0.25, 0.3) is 0 Å². The Hall–Kier alpha value is -3.19. The zero-order valence-electron chi connectivity index (χ0n) is 15.6. The standard InChI is InChI=1S/C21H19ClN4O3/c22-15-4-2-13-7-11-29-20(13)19(15)25-18-6-8-23-21(26-18)24-14-3-5-16-17(12-14)28-10-1-9-27-16/h2-6,8,12H,1,7,9-11H2,(H2,23,24,25,26). The third-order valence-corrected chi connectivity index (χ3v) is 5.03. The van der Waals surface area contributed by atoms with Gasteiger partial charge in [-0.3, -0.25) is 0 Å². The van der Waals surface area contributed by atoms with Crippen LogP contribution in [0.1, 0.15) is 12.0 Å². The molecular formula is C21H19ClN4O3. The molecule has 0 atom stereocenters. The van der Waals surface area contributed by atoms with Crippen LogP contribution < -0.4 is 24.8 Å². The molecule has 0 bridgehead atoms. The van der Waals surface area contributed by atoms with Crippen LogP contribution in [0.5, 0.6) is 17.2 Å². The van der Waals surface area contributed by atoms with Crippen molar-refractivity contribution in [1.82, 2.24) is 9.97 Å². The highest BCUT2D eigenvalue weighted by atomic mass is 35.5. The van der Waals surface area contributed by atoms with Crippen molar-refractivity contribution in [3.8, 4) is 17.2 Å². The molecule has 3 heterocycles. The van der Waals surface area contributed by atoms with Crippen molar-refractivity contribution in [2.75, 3.05) is 30.5 Å². The van der Waals surface area contributed by atoms with E-state index in [4.69, 9.17) is 25.8 Å². The molecule has 5 rings (SSSR count). The monoisotopic (exact) mass is 410 g/mol. The van der Waals surface area contributed by atoms with Gasteiger partial charge in [-0.2, -0.15) is 4.98 Å². The number of hydrogen-bond acceptors (Lipinski definition) is 7. The molecule has 0 unspecified atom stereocenters. The zero-order valence-corrected chi connectivity index (χ0v) is 16.3. The summed E-state index contributed by atoms with van der Waals surface area (Å²) in [5.41, 5.74) is 2.67. The van der Waals surface area contributed by atoms with Gasteiger partial charge in [-0.15, -0.1) is 0 Å². The van der Waals surface area contributed by atoms with Crippen molar-refractivity contribution >= 4 is 34.7 Å². The third-order valence-electron chi connectivity index (χ3n) is 4.72. The number of aromatic nitrogens is 2. The first-order valence-electron chi connectivity index (χ1n) is 9.47. The maximum Gasteiger partial charge on any atom is 0.229 e. The first-order valence-corrected chi connectivity index (χ1v) is 9.85. The summed E-state index contributed by atoms with van der Waals surface area (Å²) in [5.74, 6) is 3.31. The number of ether oxygens (including phenoxy) is 3. The molecule has 1 aromatic heterocycles. The van der Waals surface area contributed by atoms with Crippen LogP contribution in [-0.2, 0) is 6.42 Å². The summed E-state index contributed by atoms with van der Waals surface area (Å²) >= 11 is 6.38. The lowest BCUT2D eigenvalue weighted by Gasteiger charge is -2.13. The topological polar surface area (TPSA) is 77.5 Å². The fourth-order valence-electron chi connectivity index (χ4n) is 3.33. The lowest BCUT2D eigenvalue weighted by molar-refractivity contribution is 0.297. The number of nitrogens with zero attached hydrogens (tertiary/aromatic N) is 2. The van der Waals surface area contributed by atoms with Gasteiger partial charge in [-0.25, -0.2) is 4.98 Å². The molecule has 29 heavy (non-hydrogen) atoms. The number of hydrogen-bond donors (Lipinski definition) is 2. The molecule has 2 aliphatic heterocycles. The Balaban J connectivity index is 1.37. The molecule has 2 aromatic carbocycles. The van der Waals surface area contributed by atoms with E-state index in [1.54, 1.807) is 12.3 Å². The molecule has 0 amide bonds. The first kappa shape index (κ1) is 17.9. The molecule has 0 saturated carbocycles. The smallest absolute Gasteiger partial charge is 0.229 e. The van der Waals surface area contributed by atoms with Gasteiger partial charge in [0.25, 0.3) is 0 Å². The molecular weight excluding hydrogens is 392 g/mol. The van der Waals surface area contributed by atoms with Crippen molar-refractivity contribution in [1.29, 1.82) is 0 Å². The van der Waals surface area contributed by atoms with Gasteiger partial charge < -0.3 is 24.8 Å². The van der Waals surface area contributed by atoms with E-state index in [2.05, 4.69) is 20.6 Å². The molecule has 8 heteroatoms. The normalized spacial score (nSPS) is 14.5. The minimum absolute atomic E-state index is 0.453. The van der Waals surface area contributed by atoms with Crippen LogP contribution in [-0.4, -0.2) is 29.8 Å². The van der Waals surface area contributed by atoms with Crippen LogP contribution in [0.3, 0.4) is 0 Å². The summed E-state index contributed by atoms with van der Waals surface area (Å²) in [4.78, 5) is 8.84. The van der Waals surface area contributed by atoms with E-state index in [-0.39, 0.29) is 0 Å². The largest absolute Gasteiger partial charge is 0.491 e. The average Bonchev–Trinajstić information content (AvgIpc) is 3.08. The highest BCUT2D eigenvalue weighted by Crippen LogP contribution is 2.40.